The van der Waals surface area contributed by atoms with E-state index in [2.05, 4.69) is 0 Å². The molecule has 1 heterocycles. The number of nitrogens with one attached hydrogen (secondary N) is 1. The van der Waals surface area contributed by atoms with Gasteiger partial charge in [-0.15, -0.1) is 0 Å². The fourth-order valence-corrected chi connectivity index (χ4v) is 2.29. The van der Waals surface area contributed by atoms with Gasteiger partial charge in [0.1, 0.15) is 10.6 Å². The molecule has 0 fully saturated rings. The smallest absolute Gasteiger partial charge is 0.271 e. The first-order chi connectivity index (χ1) is 6.59. The van der Waals surface area contributed by atoms with Gasteiger partial charge >= 0.3 is 0 Å². The SMILES string of the molecule is O=C1COc2ccccc2S(=O)(=O)N1. The topological polar surface area (TPSA) is 72.5 Å². The van der Waals surface area contributed by atoms with E-state index in [1.165, 1.54) is 12.1 Å². The van der Waals surface area contributed by atoms with Gasteiger partial charge in [-0.2, -0.15) is 0 Å². The molecule has 5 nitrogen and oxygen atoms in total. The number of ether oxygens (including phenoxy) is 1. The highest BCUT2D eigenvalue weighted by molar-refractivity contribution is 7.90. The van der Waals surface area contributed by atoms with Gasteiger partial charge in [0.15, 0.2) is 6.61 Å². The van der Waals surface area contributed by atoms with E-state index < -0.39 is 15.9 Å². The quantitative estimate of drug-likeness (QED) is 0.652. The molecular formula is C8H7NO4S. The van der Waals surface area contributed by atoms with E-state index in [-0.39, 0.29) is 17.3 Å². The normalized spacial score (nSPS) is 18.7. The molecule has 0 saturated carbocycles. The number of hydrogen-bond donors (Lipinski definition) is 1. The van der Waals surface area contributed by atoms with Crippen molar-refractivity contribution in [1.29, 1.82) is 0 Å². The lowest BCUT2D eigenvalue weighted by Crippen LogP contribution is -2.31. The number of benzene rings is 1. The van der Waals surface area contributed by atoms with Crippen molar-refractivity contribution in [2.24, 2.45) is 0 Å². The number of hydrogen-bond acceptors (Lipinski definition) is 4. The van der Waals surface area contributed by atoms with Crippen LogP contribution >= 0.6 is 0 Å². The summed E-state index contributed by atoms with van der Waals surface area (Å²) in [5, 5.41) is 0. The molecular weight excluding hydrogens is 206 g/mol. The van der Waals surface area contributed by atoms with Gasteiger partial charge in [-0.3, -0.25) is 4.79 Å². The summed E-state index contributed by atoms with van der Waals surface area (Å²) in [6, 6.07) is 6.10. The van der Waals surface area contributed by atoms with Gasteiger partial charge in [-0.25, -0.2) is 13.1 Å². The lowest BCUT2D eigenvalue weighted by molar-refractivity contribution is -0.121. The summed E-state index contributed by atoms with van der Waals surface area (Å²) in [4.78, 5) is 10.9. The van der Waals surface area contributed by atoms with Crippen LogP contribution in [0.5, 0.6) is 5.75 Å². The molecule has 2 rings (SSSR count). The van der Waals surface area contributed by atoms with Crippen LogP contribution in [0, 0.1) is 0 Å². The number of rotatable bonds is 0. The van der Waals surface area contributed by atoms with Gasteiger partial charge in [-0.1, -0.05) is 12.1 Å². The van der Waals surface area contributed by atoms with Crippen molar-refractivity contribution in [2.75, 3.05) is 6.61 Å². The molecule has 1 aliphatic rings. The average molecular weight is 213 g/mol. The molecule has 1 aromatic rings. The molecule has 0 saturated heterocycles. The second-order valence-electron chi connectivity index (χ2n) is 2.76. The van der Waals surface area contributed by atoms with Crippen LogP contribution in [0.1, 0.15) is 0 Å². The van der Waals surface area contributed by atoms with E-state index in [0.29, 0.717) is 0 Å². The predicted molar refractivity (Wildman–Crippen MR) is 47.3 cm³/mol. The van der Waals surface area contributed by atoms with Gasteiger partial charge in [-0.05, 0) is 12.1 Å². The van der Waals surface area contributed by atoms with Crippen LogP contribution in [0.2, 0.25) is 0 Å². The van der Waals surface area contributed by atoms with E-state index in [4.69, 9.17) is 4.74 Å². The molecule has 0 aromatic heterocycles. The maximum Gasteiger partial charge on any atom is 0.271 e. The minimum Gasteiger partial charge on any atom is -0.482 e. The zero-order chi connectivity index (χ0) is 10.2. The summed E-state index contributed by atoms with van der Waals surface area (Å²) in [7, 11) is -3.75. The Morgan fingerprint density at radius 1 is 1.29 bits per heavy atom. The van der Waals surface area contributed by atoms with Crippen LogP contribution in [0.4, 0.5) is 0 Å². The number of carbonyl (C=O) groups is 1. The first kappa shape index (κ1) is 9.01. The Balaban J connectivity index is 2.62. The average Bonchev–Trinajstić information content (AvgIpc) is 2.24. The maximum absolute atomic E-state index is 11.5. The lowest BCUT2D eigenvalue weighted by atomic mass is 10.3. The molecule has 1 aromatic carbocycles. The summed E-state index contributed by atoms with van der Waals surface area (Å²) in [5.41, 5.74) is 0. The van der Waals surface area contributed by atoms with Crippen LogP contribution in [0.3, 0.4) is 0 Å². The minimum atomic E-state index is -3.75. The molecule has 0 aliphatic carbocycles. The third-order valence-electron chi connectivity index (χ3n) is 1.75. The van der Waals surface area contributed by atoms with Crippen LogP contribution < -0.4 is 9.46 Å². The highest BCUT2D eigenvalue weighted by Gasteiger charge is 2.25. The van der Waals surface area contributed by atoms with Gasteiger partial charge in [0, 0.05) is 0 Å². The van der Waals surface area contributed by atoms with Crippen LogP contribution in [0.25, 0.3) is 0 Å². The van der Waals surface area contributed by atoms with Gasteiger partial charge in [0.05, 0.1) is 0 Å². The lowest BCUT2D eigenvalue weighted by Gasteiger charge is -2.03. The summed E-state index contributed by atoms with van der Waals surface area (Å²) < 4.78 is 29.9. The first-order valence-electron chi connectivity index (χ1n) is 3.87. The van der Waals surface area contributed by atoms with Crippen molar-refractivity contribution < 1.29 is 17.9 Å². The molecule has 0 radical (unpaired) electrons. The molecule has 14 heavy (non-hydrogen) atoms. The Bertz CT molecular complexity index is 480. The molecule has 1 amide bonds. The summed E-state index contributed by atoms with van der Waals surface area (Å²) in [6.07, 6.45) is 0. The fourth-order valence-electron chi connectivity index (χ4n) is 1.17. The van der Waals surface area contributed by atoms with Crippen molar-refractivity contribution in [3.05, 3.63) is 24.3 Å². The van der Waals surface area contributed by atoms with E-state index in [1.54, 1.807) is 12.1 Å². The zero-order valence-corrected chi connectivity index (χ0v) is 7.87. The Morgan fingerprint density at radius 2 is 2.00 bits per heavy atom. The molecule has 1 aliphatic heterocycles. The molecule has 0 spiro atoms. The minimum absolute atomic E-state index is 0.00847. The van der Waals surface area contributed by atoms with Crippen molar-refractivity contribution in [1.82, 2.24) is 4.72 Å². The van der Waals surface area contributed by atoms with Gasteiger partial charge in [0.2, 0.25) is 0 Å². The second-order valence-corrected chi connectivity index (χ2v) is 4.41. The molecule has 6 heteroatoms. The maximum atomic E-state index is 11.5. The van der Waals surface area contributed by atoms with E-state index in [9.17, 15) is 13.2 Å². The number of para-hydroxylation sites is 1. The van der Waals surface area contributed by atoms with Crippen molar-refractivity contribution in [3.8, 4) is 5.75 Å². The first-order valence-corrected chi connectivity index (χ1v) is 5.35. The summed E-state index contributed by atoms with van der Waals surface area (Å²) in [6.45, 7) is -0.282. The van der Waals surface area contributed by atoms with Gasteiger partial charge in [0.25, 0.3) is 15.9 Å². The third kappa shape index (κ3) is 1.44. The van der Waals surface area contributed by atoms with E-state index in [1.807, 2.05) is 4.72 Å². The summed E-state index contributed by atoms with van der Waals surface area (Å²) >= 11 is 0. The second kappa shape index (κ2) is 2.98. The van der Waals surface area contributed by atoms with Crippen molar-refractivity contribution >= 4 is 15.9 Å². The monoisotopic (exact) mass is 213 g/mol. The molecule has 1 N–H and O–H groups in total. The Labute approximate surface area is 80.7 Å². The number of amides is 1. The number of fused-ring (bicyclic) bond motifs is 1. The number of sulfonamides is 1. The van der Waals surface area contributed by atoms with Crippen LogP contribution in [-0.2, 0) is 14.8 Å². The molecule has 0 atom stereocenters. The van der Waals surface area contributed by atoms with Crippen molar-refractivity contribution in [2.45, 2.75) is 4.90 Å². The fraction of sp³-hybridized carbons (Fsp3) is 0.125. The Kier molecular flexibility index (Phi) is 1.92. The predicted octanol–water partition coefficient (Wildman–Crippen LogP) is -0.116. The largest absolute Gasteiger partial charge is 0.482 e. The van der Waals surface area contributed by atoms with E-state index in [0.717, 1.165) is 0 Å². The van der Waals surface area contributed by atoms with Crippen LogP contribution in [-0.4, -0.2) is 20.9 Å². The Morgan fingerprint density at radius 3 is 2.79 bits per heavy atom. The standard InChI is InChI=1S/C8H7NO4S/c10-8-5-13-6-3-1-2-4-7(6)14(11,12)9-8/h1-4H,5H2,(H,9,10). The summed E-state index contributed by atoms with van der Waals surface area (Å²) in [5.74, 6) is -0.466. The highest BCUT2D eigenvalue weighted by Crippen LogP contribution is 2.24. The van der Waals surface area contributed by atoms with Crippen molar-refractivity contribution in [3.63, 3.8) is 0 Å². The molecule has 0 bridgehead atoms. The molecule has 0 unspecified atom stereocenters. The zero-order valence-electron chi connectivity index (χ0n) is 7.06. The van der Waals surface area contributed by atoms with Crippen LogP contribution in [0.15, 0.2) is 29.2 Å². The third-order valence-corrected chi connectivity index (χ3v) is 3.16. The van der Waals surface area contributed by atoms with E-state index >= 15 is 0 Å². The molecule has 74 valence electrons. The van der Waals surface area contributed by atoms with Gasteiger partial charge < -0.3 is 4.74 Å². The number of carbonyl (C=O) groups excluding carboxylic acids is 1. The Hall–Kier alpha value is -1.56. The highest BCUT2D eigenvalue weighted by atomic mass is 32.2.